The number of halogens is 1. The zero-order valence-electron chi connectivity index (χ0n) is 14.6. The Morgan fingerprint density at radius 3 is 2.80 bits per heavy atom. The molecule has 0 bridgehead atoms. The maximum Gasteiger partial charge on any atom is 0.231 e. The topological polar surface area (TPSA) is 68.5 Å². The molecular formula is C19H24ClN3O2. The Hall–Kier alpha value is -2.11. The predicted molar refractivity (Wildman–Crippen MR) is 99.3 cm³/mol. The van der Waals surface area contributed by atoms with Crippen LogP contribution < -0.4 is 10.5 Å². The van der Waals surface area contributed by atoms with Crippen molar-refractivity contribution in [1.29, 1.82) is 0 Å². The molecule has 0 aliphatic carbocycles. The molecule has 0 aliphatic heterocycles. The van der Waals surface area contributed by atoms with E-state index in [9.17, 15) is 4.79 Å². The number of carbonyl (C=O) groups is 1. The highest BCUT2D eigenvalue weighted by atomic mass is 35.5. The number of ether oxygens (including phenoxy) is 1. The Kier molecular flexibility index (Phi) is 7.22. The van der Waals surface area contributed by atoms with Gasteiger partial charge in [0.25, 0.3) is 0 Å². The molecule has 134 valence electrons. The van der Waals surface area contributed by atoms with Crippen LogP contribution >= 0.6 is 11.6 Å². The molecule has 5 nitrogen and oxygen atoms in total. The number of nitrogens with zero attached hydrogens (tertiary/aromatic N) is 2. The molecule has 0 saturated carbocycles. The maximum absolute atomic E-state index is 11.4. The van der Waals surface area contributed by atoms with E-state index in [2.05, 4.69) is 18.8 Å². The number of aromatic nitrogens is 1. The molecule has 0 spiro atoms. The number of carbonyl (C=O) groups excluding carboxylic acids is 1. The number of pyridine rings is 1. The smallest absolute Gasteiger partial charge is 0.231 e. The first-order valence-electron chi connectivity index (χ1n) is 8.25. The molecule has 0 unspecified atom stereocenters. The quantitative estimate of drug-likeness (QED) is 0.744. The van der Waals surface area contributed by atoms with Crippen molar-refractivity contribution in [2.45, 2.75) is 27.0 Å². The molecule has 1 aromatic carbocycles. The standard InChI is InChI=1S/C19H24ClN3O2/c1-14(2)10-23(12-19(21)24)11-16-8-17(20)5-6-18(16)25-13-15-4-3-7-22-9-15/h3-9,14H,10-13H2,1-2H3,(H2,21,24). The van der Waals surface area contributed by atoms with Gasteiger partial charge in [0, 0.05) is 41.6 Å². The SMILES string of the molecule is CC(C)CN(CC(N)=O)Cc1cc(Cl)ccc1OCc1cccnc1. The van der Waals surface area contributed by atoms with Gasteiger partial charge < -0.3 is 10.5 Å². The summed E-state index contributed by atoms with van der Waals surface area (Å²) in [5.41, 5.74) is 7.30. The van der Waals surface area contributed by atoms with Crippen LogP contribution in [0.3, 0.4) is 0 Å². The molecule has 2 aromatic rings. The molecule has 2 N–H and O–H groups in total. The van der Waals surface area contributed by atoms with Gasteiger partial charge in [-0.05, 0) is 30.2 Å². The largest absolute Gasteiger partial charge is 0.489 e. The summed E-state index contributed by atoms with van der Waals surface area (Å²) >= 11 is 6.15. The minimum Gasteiger partial charge on any atom is -0.489 e. The maximum atomic E-state index is 11.4. The molecule has 6 heteroatoms. The highest BCUT2D eigenvalue weighted by molar-refractivity contribution is 6.30. The minimum absolute atomic E-state index is 0.201. The number of primary amides is 1. The molecule has 0 saturated heterocycles. The molecule has 0 radical (unpaired) electrons. The predicted octanol–water partition coefficient (Wildman–Crippen LogP) is 3.26. The van der Waals surface area contributed by atoms with Crippen LogP contribution in [0.25, 0.3) is 0 Å². The highest BCUT2D eigenvalue weighted by Crippen LogP contribution is 2.25. The third-order valence-electron chi connectivity index (χ3n) is 3.54. The number of benzene rings is 1. The second-order valence-corrected chi connectivity index (χ2v) is 6.87. The molecule has 0 aliphatic rings. The lowest BCUT2D eigenvalue weighted by Gasteiger charge is -2.24. The monoisotopic (exact) mass is 361 g/mol. The van der Waals surface area contributed by atoms with E-state index in [1.807, 2.05) is 29.2 Å². The summed E-state index contributed by atoms with van der Waals surface area (Å²) in [5.74, 6) is 0.810. The van der Waals surface area contributed by atoms with E-state index in [0.29, 0.717) is 24.1 Å². The zero-order chi connectivity index (χ0) is 18.2. The van der Waals surface area contributed by atoms with Crippen molar-refractivity contribution in [3.8, 4) is 5.75 Å². The lowest BCUT2D eigenvalue weighted by Crippen LogP contribution is -2.35. The summed E-state index contributed by atoms with van der Waals surface area (Å²) in [4.78, 5) is 17.5. The Morgan fingerprint density at radius 1 is 1.36 bits per heavy atom. The van der Waals surface area contributed by atoms with Gasteiger partial charge >= 0.3 is 0 Å². The van der Waals surface area contributed by atoms with E-state index in [1.54, 1.807) is 18.5 Å². The van der Waals surface area contributed by atoms with Gasteiger partial charge in [0.1, 0.15) is 12.4 Å². The summed E-state index contributed by atoms with van der Waals surface area (Å²) in [6.07, 6.45) is 3.50. The summed E-state index contributed by atoms with van der Waals surface area (Å²) < 4.78 is 5.95. The van der Waals surface area contributed by atoms with Gasteiger partial charge in [-0.3, -0.25) is 14.7 Å². The molecule has 1 amide bonds. The molecular weight excluding hydrogens is 338 g/mol. The van der Waals surface area contributed by atoms with Crippen LogP contribution in [0.15, 0.2) is 42.7 Å². The van der Waals surface area contributed by atoms with E-state index in [4.69, 9.17) is 22.1 Å². The van der Waals surface area contributed by atoms with Gasteiger partial charge in [-0.1, -0.05) is 31.5 Å². The first-order valence-corrected chi connectivity index (χ1v) is 8.62. The number of amides is 1. The first-order chi connectivity index (χ1) is 11.9. The average molecular weight is 362 g/mol. The third-order valence-corrected chi connectivity index (χ3v) is 3.77. The summed E-state index contributed by atoms with van der Waals surface area (Å²) in [6.45, 7) is 6.13. The van der Waals surface area contributed by atoms with Crippen LogP contribution in [0, 0.1) is 5.92 Å². The van der Waals surface area contributed by atoms with Gasteiger partial charge in [0.05, 0.1) is 6.54 Å². The molecule has 2 rings (SSSR count). The van der Waals surface area contributed by atoms with Crippen LogP contribution in [0.2, 0.25) is 5.02 Å². The second kappa shape index (κ2) is 9.39. The zero-order valence-corrected chi connectivity index (χ0v) is 15.4. The fourth-order valence-corrected chi connectivity index (χ4v) is 2.81. The van der Waals surface area contributed by atoms with Gasteiger partial charge in [0.2, 0.25) is 5.91 Å². The van der Waals surface area contributed by atoms with Crippen LogP contribution in [0.5, 0.6) is 5.75 Å². The Labute approximate surface area is 153 Å². The molecule has 25 heavy (non-hydrogen) atoms. The Balaban J connectivity index is 2.14. The van der Waals surface area contributed by atoms with Crippen LogP contribution in [0.1, 0.15) is 25.0 Å². The van der Waals surface area contributed by atoms with E-state index < -0.39 is 0 Å². The molecule has 1 heterocycles. The van der Waals surface area contributed by atoms with Gasteiger partial charge in [-0.2, -0.15) is 0 Å². The van der Waals surface area contributed by atoms with Crippen molar-refractivity contribution in [2.75, 3.05) is 13.1 Å². The van der Waals surface area contributed by atoms with Gasteiger partial charge in [-0.15, -0.1) is 0 Å². The summed E-state index contributed by atoms with van der Waals surface area (Å²) in [6, 6.07) is 9.35. The van der Waals surface area contributed by atoms with E-state index in [1.165, 1.54) is 0 Å². The molecule has 0 fully saturated rings. The molecule has 0 atom stereocenters. The van der Waals surface area contributed by atoms with Crippen molar-refractivity contribution in [3.05, 3.63) is 58.9 Å². The number of rotatable bonds is 9. The van der Waals surface area contributed by atoms with Crippen LogP contribution in [-0.2, 0) is 17.9 Å². The van der Waals surface area contributed by atoms with Crippen molar-refractivity contribution >= 4 is 17.5 Å². The normalized spacial score (nSPS) is 11.1. The number of hydrogen-bond acceptors (Lipinski definition) is 4. The molecule has 1 aromatic heterocycles. The first kappa shape index (κ1) is 19.2. The van der Waals surface area contributed by atoms with Crippen molar-refractivity contribution in [3.63, 3.8) is 0 Å². The fraction of sp³-hybridized carbons (Fsp3) is 0.368. The highest BCUT2D eigenvalue weighted by Gasteiger charge is 2.14. The Bertz CT molecular complexity index is 692. The Morgan fingerprint density at radius 2 is 2.16 bits per heavy atom. The van der Waals surface area contributed by atoms with Crippen LogP contribution in [0.4, 0.5) is 0 Å². The summed E-state index contributed by atoms with van der Waals surface area (Å²) in [7, 11) is 0. The van der Waals surface area contributed by atoms with Crippen LogP contribution in [-0.4, -0.2) is 28.9 Å². The van der Waals surface area contributed by atoms with Crippen molar-refractivity contribution < 1.29 is 9.53 Å². The fourth-order valence-electron chi connectivity index (χ4n) is 2.62. The number of nitrogens with two attached hydrogens (primary N) is 1. The number of hydrogen-bond donors (Lipinski definition) is 1. The van der Waals surface area contributed by atoms with Gasteiger partial charge in [-0.25, -0.2) is 0 Å². The van der Waals surface area contributed by atoms with Gasteiger partial charge in [0.15, 0.2) is 0 Å². The minimum atomic E-state index is -0.347. The van der Waals surface area contributed by atoms with E-state index in [0.717, 1.165) is 23.4 Å². The van der Waals surface area contributed by atoms with Crippen molar-refractivity contribution in [2.24, 2.45) is 11.7 Å². The summed E-state index contributed by atoms with van der Waals surface area (Å²) in [5, 5.41) is 0.632. The third kappa shape index (κ3) is 6.72. The van der Waals surface area contributed by atoms with E-state index >= 15 is 0 Å². The lowest BCUT2D eigenvalue weighted by atomic mass is 10.1. The second-order valence-electron chi connectivity index (χ2n) is 6.43. The average Bonchev–Trinajstić information content (AvgIpc) is 2.54. The lowest BCUT2D eigenvalue weighted by molar-refractivity contribution is -0.119. The van der Waals surface area contributed by atoms with E-state index in [-0.39, 0.29) is 12.5 Å². The van der Waals surface area contributed by atoms with Crippen molar-refractivity contribution in [1.82, 2.24) is 9.88 Å².